The van der Waals surface area contributed by atoms with Gasteiger partial charge in [0.1, 0.15) is 48.0 Å². The van der Waals surface area contributed by atoms with E-state index in [9.17, 15) is 54.0 Å². The Morgan fingerprint density at radius 1 is 0.556 bits per heavy atom. The number of carbonyl (C=O) groups excluding carboxylic acids is 6. The average molecular weight is 760 g/mol. The number of hydrogen-bond donors (Lipinski definition) is 12. The van der Waals surface area contributed by atoms with Gasteiger partial charge in [0.15, 0.2) is 0 Å². The van der Waals surface area contributed by atoms with Crippen LogP contribution in [0.1, 0.15) is 31.9 Å². The highest BCUT2D eigenvalue weighted by atomic mass is 16.4. The van der Waals surface area contributed by atoms with Crippen molar-refractivity contribution in [2.24, 2.45) is 11.7 Å². The lowest BCUT2D eigenvalue weighted by Crippen LogP contribution is -2.61. The minimum absolute atomic E-state index is 0.0674. The molecule has 0 bridgehead atoms. The fourth-order valence-corrected chi connectivity index (χ4v) is 4.88. The van der Waals surface area contributed by atoms with Crippen molar-refractivity contribution < 1.29 is 59.1 Å². The number of nitrogens with one attached hydrogen (secondary N) is 6. The Morgan fingerprint density at radius 3 is 1.54 bits per heavy atom. The maximum absolute atomic E-state index is 13.4. The van der Waals surface area contributed by atoms with E-state index in [1.165, 1.54) is 31.2 Å². The summed E-state index contributed by atoms with van der Waals surface area (Å²) in [4.78, 5) is 89.7. The second-order valence-electron chi connectivity index (χ2n) is 12.8. The molecule has 13 N–H and O–H groups in total. The molecule has 0 aliphatic heterocycles. The molecule has 2 rings (SSSR count). The molecule has 19 heteroatoms. The van der Waals surface area contributed by atoms with Crippen LogP contribution >= 0.6 is 0 Å². The summed E-state index contributed by atoms with van der Waals surface area (Å²) in [6.07, 6.45) is -0.256. The number of amides is 6. The van der Waals surface area contributed by atoms with Gasteiger partial charge in [0, 0.05) is 12.8 Å². The number of aliphatic hydroxyl groups excluding tert-OH is 3. The van der Waals surface area contributed by atoms with E-state index in [0.29, 0.717) is 11.1 Å². The van der Waals surface area contributed by atoms with Crippen molar-refractivity contribution in [1.82, 2.24) is 31.9 Å². The van der Waals surface area contributed by atoms with Crippen LogP contribution in [-0.2, 0) is 46.4 Å². The smallest absolute Gasteiger partial charge is 0.326 e. The summed E-state index contributed by atoms with van der Waals surface area (Å²) in [5.74, 6) is -7.55. The molecule has 2 aromatic carbocycles. The molecular weight excluding hydrogens is 710 g/mol. The minimum atomic E-state index is -1.67. The molecule has 0 aromatic heterocycles. The number of hydrogen-bond acceptors (Lipinski definition) is 12. The van der Waals surface area contributed by atoms with Gasteiger partial charge in [0.25, 0.3) is 0 Å². The first-order valence-electron chi connectivity index (χ1n) is 17.0. The predicted octanol–water partition coefficient (Wildman–Crippen LogP) is -3.85. The van der Waals surface area contributed by atoms with Gasteiger partial charge in [-0.15, -0.1) is 0 Å². The normalized spacial score (nSPS) is 14.9. The Balaban J connectivity index is 2.13. The van der Waals surface area contributed by atoms with Crippen LogP contribution < -0.4 is 37.6 Å². The third-order valence-electron chi connectivity index (χ3n) is 8.07. The quantitative estimate of drug-likeness (QED) is 0.0581. The molecule has 0 saturated carbocycles. The average Bonchev–Trinajstić information content (AvgIpc) is 3.14. The largest absolute Gasteiger partial charge is 0.508 e. The van der Waals surface area contributed by atoms with Crippen molar-refractivity contribution in [3.63, 3.8) is 0 Å². The standard InChI is InChI=1S/C35H49N7O12/c1-18(2)28(42-30(48)23(36)15-43)34(52)41-26(16-44)32(50)37-19(3)29(47)40-27(17-45)33(51)38-24(13-21-9-11-22(46)12-10-21)31(49)39-25(35(53)54)14-20-7-5-4-6-8-20/h4-12,18-19,23-28,43-46H,13-17,36H2,1-3H3,(H,37,50)(H,38,51)(H,39,49)(H,40,47)(H,41,52)(H,42,48)(H,53,54)/t19-,23-,24-,25-,26-,27-,28-/m0/s1. The molecule has 54 heavy (non-hydrogen) atoms. The number of carbonyl (C=O) groups is 7. The monoisotopic (exact) mass is 759 g/mol. The van der Waals surface area contributed by atoms with Gasteiger partial charge in [-0.25, -0.2) is 4.79 Å². The molecule has 2 aromatic rings. The van der Waals surface area contributed by atoms with Crippen molar-refractivity contribution >= 4 is 41.4 Å². The number of carboxylic acids is 1. The maximum atomic E-state index is 13.4. The fraction of sp³-hybridized carbons (Fsp3) is 0.457. The SMILES string of the molecule is CC(C)[C@H](NC(=O)[C@@H](N)CO)C(=O)N[C@@H](CO)C(=O)N[C@@H](C)C(=O)N[C@@H](CO)C(=O)N[C@@H](Cc1ccc(O)cc1)C(=O)N[C@@H](Cc1ccccc1)C(=O)O. The topological polar surface area (TPSA) is 319 Å². The molecule has 0 heterocycles. The molecule has 0 aliphatic rings. The first-order chi connectivity index (χ1) is 25.5. The number of aliphatic hydroxyl groups is 3. The van der Waals surface area contributed by atoms with Crippen LogP contribution in [0.15, 0.2) is 54.6 Å². The summed E-state index contributed by atoms with van der Waals surface area (Å²) in [5, 5.41) is 62.4. The van der Waals surface area contributed by atoms with Gasteiger partial charge >= 0.3 is 5.97 Å². The van der Waals surface area contributed by atoms with Crippen molar-refractivity contribution in [2.45, 2.75) is 75.9 Å². The van der Waals surface area contributed by atoms with E-state index in [1.54, 1.807) is 44.2 Å². The summed E-state index contributed by atoms with van der Waals surface area (Å²) in [6.45, 7) is 1.82. The van der Waals surface area contributed by atoms with Crippen molar-refractivity contribution in [3.8, 4) is 5.75 Å². The van der Waals surface area contributed by atoms with E-state index in [4.69, 9.17) is 10.8 Å². The zero-order chi connectivity index (χ0) is 40.5. The Kier molecular flexibility index (Phi) is 18.0. The lowest BCUT2D eigenvalue weighted by molar-refractivity contribution is -0.142. The number of phenols is 1. The van der Waals surface area contributed by atoms with Crippen LogP contribution in [0.2, 0.25) is 0 Å². The van der Waals surface area contributed by atoms with Crippen LogP contribution in [0.3, 0.4) is 0 Å². The summed E-state index contributed by atoms with van der Waals surface area (Å²) in [7, 11) is 0. The van der Waals surface area contributed by atoms with Crippen LogP contribution in [0.25, 0.3) is 0 Å². The molecule has 6 amide bonds. The highest BCUT2D eigenvalue weighted by Crippen LogP contribution is 2.12. The van der Waals surface area contributed by atoms with E-state index in [2.05, 4.69) is 31.9 Å². The minimum Gasteiger partial charge on any atom is -0.508 e. The molecule has 0 radical (unpaired) electrons. The number of carboxylic acid groups (broad SMARTS) is 1. The van der Waals surface area contributed by atoms with Crippen LogP contribution in [-0.4, -0.2) is 129 Å². The second kappa shape index (κ2) is 21.8. The van der Waals surface area contributed by atoms with Gasteiger partial charge in [-0.05, 0) is 36.1 Å². The zero-order valence-corrected chi connectivity index (χ0v) is 30.0. The summed E-state index contributed by atoms with van der Waals surface area (Å²) < 4.78 is 0. The molecular formula is C35H49N7O12. The van der Waals surface area contributed by atoms with E-state index in [-0.39, 0.29) is 18.6 Å². The van der Waals surface area contributed by atoms with E-state index in [1.807, 2.05) is 0 Å². The van der Waals surface area contributed by atoms with Gasteiger partial charge in [-0.3, -0.25) is 28.8 Å². The van der Waals surface area contributed by atoms with Gasteiger partial charge in [0.05, 0.1) is 19.8 Å². The maximum Gasteiger partial charge on any atom is 0.326 e. The lowest BCUT2D eigenvalue weighted by atomic mass is 10.0. The number of aromatic hydroxyl groups is 1. The molecule has 296 valence electrons. The summed E-state index contributed by atoms with van der Waals surface area (Å²) >= 11 is 0. The Labute approximate surface area is 311 Å². The highest BCUT2D eigenvalue weighted by molar-refractivity contribution is 5.97. The number of benzene rings is 2. The lowest BCUT2D eigenvalue weighted by Gasteiger charge is -2.26. The van der Waals surface area contributed by atoms with E-state index in [0.717, 1.165) is 0 Å². The molecule has 0 spiro atoms. The zero-order valence-electron chi connectivity index (χ0n) is 30.0. The molecule has 7 atom stereocenters. The van der Waals surface area contributed by atoms with E-state index < -0.39 is 109 Å². The highest BCUT2D eigenvalue weighted by Gasteiger charge is 2.33. The van der Waals surface area contributed by atoms with Gasteiger partial charge in [-0.2, -0.15) is 0 Å². The predicted molar refractivity (Wildman–Crippen MR) is 191 cm³/mol. The number of rotatable bonds is 21. The van der Waals surface area contributed by atoms with E-state index >= 15 is 0 Å². The summed E-state index contributed by atoms with van der Waals surface area (Å²) in [5.41, 5.74) is 6.57. The number of nitrogens with two attached hydrogens (primary N) is 1. The van der Waals surface area contributed by atoms with Crippen molar-refractivity contribution in [2.75, 3.05) is 19.8 Å². The van der Waals surface area contributed by atoms with Crippen molar-refractivity contribution in [3.05, 3.63) is 65.7 Å². The van der Waals surface area contributed by atoms with Gasteiger partial charge < -0.3 is 63.2 Å². The molecule has 19 nitrogen and oxygen atoms in total. The van der Waals surface area contributed by atoms with Crippen LogP contribution in [0.4, 0.5) is 0 Å². The Hall–Kier alpha value is -5.63. The van der Waals surface area contributed by atoms with Gasteiger partial charge in [-0.1, -0.05) is 56.3 Å². The van der Waals surface area contributed by atoms with Gasteiger partial charge in [0.2, 0.25) is 35.4 Å². The molecule has 0 aliphatic carbocycles. The molecule has 0 fully saturated rings. The summed E-state index contributed by atoms with van der Waals surface area (Å²) in [6, 6.07) is 4.15. The first-order valence-corrected chi connectivity index (χ1v) is 17.0. The molecule has 0 saturated heterocycles. The fourth-order valence-electron chi connectivity index (χ4n) is 4.88. The molecule has 0 unspecified atom stereocenters. The van der Waals surface area contributed by atoms with Crippen LogP contribution in [0, 0.1) is 5.92 Å². The third-order valence-corrected chi connectivity index (χ3v) is 8.07. The first kappa shape index (κ1) is 44.5. The third kappa shape index (κ3) is 14.1. The van der Waals surface area contributed by atoms with Crippen LogP contribution in [0.5, 0.6) is 5.75 Å². The Morgan fingerprint density at radius 2 is 1.02 bits per heavy atom. The number of phenolic OH excluding ortho intramolecular Hbond substituents is 1. The second-order valence-corrected chi connectivity index (χ2v) is 12.8. The number of aliphatic carboxylic acids is 1. The van der Waals surface area contributed by atoms with Crippen molar-refractivity contribution in [1.29, 1.82) is 0 Å². The Bertz CT molecular complexity index is 1590.